The summed E-state index contributed by atoms with van der Waals surface area (Å²) in [4.78, 5) is 25.1. The van der Waals surface area contributed by atoms with Gasteiger partial charge in [-0.2, -0.15) is 5.10 Å². The molecule has 1 heterocycles. The molecule has 1 amide bonds. The number of nitro benzene ring substituents is 1. The van der Waals surface area contributed by atoms with Crippen molar-refractivity contribution in [1.82, 2.24) is 15.1 Å². The Morgan fingerprint density at radius 2 is 2.20 bits per heavy atom. The highest BCUT2D eigenvalue weighted by atomic mass is 16.6. The van der Waals surface area contributed by atoms with Gasteiger partial charge in [-0.05, 0) is 31.4 Å². The van der Waals surface area contributed by atoms with Crippen molar-refractivity contribution in [1.29, 1.82) is 0 Å². The van der Waals surface area contributed by atoms with Gasteiger partial charge in [0.2, 0.25) is 0 Å². The smallest absolute Gasteiger partial charge is 0.293 e. The third-order valence-electron chi connectivity index (χ3n) is 4.60. The lowest BCUT2D eigenvalue weighted by molar-refractivity contribution is -0.384. The van der Waals surface area contributed by atoms with Crippen molar-refractivity contribution in [2.24, 2.45) is 7.05 Å². The van der Waals surface area contributed by atoms with Crippen molar-refractivity contribution in [3.05, 3.63) is 51.3 Å². The van der Waals surface area contributed by atoms with E-state index in [2.05, 4.69) is 10.4 Å². The minimum Gasteiger partial charge on any atom is -0.372 e. The fraction of sp³-hybridized carbons (Fsp3) is 0.412. The van der Waals surface area contributed by atoms with Gasteiger partial charge in [-0.3, -0.25) is 19.6 Å². The van der Waals surface area contributed by atoms with E-state index in [-0.39, 0.29) is 23.2 Å². The zero-order valence-electron chi connectivity index (χ0n) is 14.5. The highest BCUT2D eigenvalue weighted by Gasteiger charge is 2.26. The summed E-state index contributed by atoms with van der Waals surface area (Å²) in [5.41, 5.74) is 2.83. The van der Waals surface area contributed by atoms with Gasteiger partial charge in [0.1, 0.15) is 5.69 Å². The van der Waals surface area contributed by atoms with Crippen LogP contribution >= 0.6 is 0 Å². The minimum absolute atomic E-state index is 0.0802. The summed E-state index contributed by atoms with van der Waals surface area (Å²) in [7, 11) is 5.36. The molecule has 0 radical (unpaired) electrons. The number of nitrogens with one attached hydrogen (secondary N) is 1. The van der Waals surface area contributed by atoms with Crippen LogP contribution in [0.5, 0.6) is 0 Å². The fourth-order valence-corrected chi connectivity index (χ4v) is 3.29. The van der Waals surface area contributed by atoms with E-state index in [0.29, 0.717) is 5.69 Å². The molecule has 8 nitrogen and oxygen atoms in total. The number of carbonyl (C=O) groups excluding carboxylic acids is 1. The summed E-state index contributed by atoms with van der Waals surface area (Å²) in [6, 6.07) is 4.43. The minimum atomic E-state index is -0.466. The molecule has 8 heteroatoms. The lowest BCUT2D eigenvalue weighted by Crippen LogP contribution is -2.31. The van der Waals surface area contributed by atoms with E-state index in [4.69, 9.17) is 0 Å². The van der Waals surface area contributed by atoms with E-state index in [0.717, 1.165) is 30.5 Å². The number of amides is 1. The first kappa shape index (κ1) is 16.9. The van der Waals surface area contributed by atoms with Crippen molar-refractivity contribution in [2.75, 3.05) is 19.0 Å². The normalized spacial score (nSPS) is 16.2. The Labute approximate surface area is 145 Å². The molecule has 1 unspecified atom stereocenters. The molecular weight excluding hydrogens is 322 g/mol. The third kappa shape index (κ3) is 3.19. The summed E-state index contributed by atoms with van der Waals surface area (Å²) >= 11 is 0. The van der Waals surface area contributed by atoms with E-state index in [1.165, 1.54) is 6.07 Å². The Morgan fingerprint density at radius 3 is 2.88 bits per heavy atom. The molecule has 0 spiro atoms. The second-order valence-corrected chi connectivity index (χ2v) is 6.44. The monoisotopic (exact) mass is 343 g/mol. The summed E-state index contributed by atoms with van der Waals surface area (Å²) in [6.07, 6.45) is 4.54. The largest absolute Gasteiger partial charge is 0.372 e. The summed E-state index contributed by atoms with van der Waals surface area (Å²) in [5.74, 6) is -0.310. The molecule has 0 saturated heterocycles. The molecule has 0 bridgehead atoms. The standard InChI is InChI=1S/C17H21N5O3/c1-20(2)15-8-7-11(9-16(15)22(24)25)17(23)19-13-5-4-6-14-12(13)10-18-21(14)3/h7-10,13H,4-6H2,1-3H3,(H,19,23). The number of hydrogen-bond donors (Lipinski definition) is 1. The van der Waals surface area contributed by atoms with Gasteiger partial charge in [0.05, 0.1) is 17.2 Å². The van der Waals surface area contributed by atoms with Crippen molar-refractivity contribution < 1.29 is 9.72 Å². The van der Waals surface area contributed by atoms with Crippen LogP contribution in [0.1, 0.15) is 40.5 Å². The third-order valence-corrected chi connectivity index (χ3v) is 4.60. The second kappa shape index (κ2) is 6.54. The lowest BCUT2D eigenvalue weighted by Gasteiger charge is -2.24. The summed E-state index contributed by atoms with van der Waals surface area (Å²) < 4.78 is 1.84. The quantitative estimate of drug-likeness (QED) is 0.678. The maximum absolute atomic E-state index is 12.6. The molecule has 0 saturated carbocycles. The molecule has 1 aliphatic rings. The van der Waals surface area contributed by atoms with Gasteiger partial charge in [0.15, 0.2) is 0 Å². The zero-order valence-corrected chi connectivity index (χ0v) is 14.5. The topological polar surface area (TPSA) is 93.3 Å². The first-order valence-corrected chi connectivity index (χ1v) is 8.16. The number of aromatic nitrogens is 2. The van der Waals surface area contributed by atoms with Crippen molar-refractivity contribution in [2.45, 2.75) is 25.3 Å². The summed E-state index contributed by atoms with van der Waals surface area (Å²) in [6.45, 7) is 0. The number of rotatable bonds is 4. The van der Waals surface area contributed by atoms with Crippen LogP contribution in [0.2, 0.25) is 0 Å². The van der Waals surface area contributed by atoms with Gasteiger partial charge in [0, 0.05) is 44.0 Å². The number of fused-ring (bicyclic) bond motifs is 1. The van der Waals surface area contributed by atoms with Gasteiger partial charge in [-0.15, -0.1) is 0 Å². The van der Waals surface area contributed by atoms with E-state index in [1.54, 1.807) is 37.3 Å². The molecule has 1 atom stereocenters. The summed E-state index contributed by atoms with van der Waals surface area (Å²) in [5, 5.41) is 18.6. The maximum Gasteiger partial charge on any atom is 0.293 e. The maximum atomic E-state index is 12.6. The predicted octanol–water partition coefficient (Wildman–Crippen LogP) is 2.20. The van der Waals surface area contributed by atoms with E-state index < -0.39 is 4.92 Å². The number of nitrogens with zero attached hydrogens (tertiary/aromatic N) is 4. The average Bonchev–Trinajstić information content (AvgIpc) is 2.96. The average molecular weight is 343 g/mol. The van der Waals surface area contributed by atoms with Gasteiger partial charge >= 0.3 is 0 Å². The van der Waals surface area contributed by atoms with Crippen molar-refractivity contribution in [3.63, 3.8) is 0 Å². The molecule has 0 fully saturated rings. The predicted molar refractivity (Wildman–Crippen MR) is 93.8 cm³/mol. The molecule has 2 aromatic rings. The molecule has 1 aliphatic carbocycles. The molecule has 3 rings (SSSR count). The first-order chi connectivity index (χ1) is 11.9. The van der Waals surface area contributed by atoms with Gasteiger partial charge < -0.3 is 10.2 Å². The van der Waals surface area contributed by atoms with Crippen LogP contribution < -0.4 is 10.2 Å². The Balaban J connectivity index is 1.85. The molecule has 1 aromatic heterocycles. The lowest BCUT2D eigenvalue weighted by atomic mass is 9.92. The number of hydrogen-bond acceptors (Lipinski definition) is 5. The van der Waals surface area contributed by atoms with Crippen LogP contribution in [-0.4, -0.2) is 34.7 Å². The molecule has 25 heavy (non-hydrogen) atoms. The fourth-order valence-electron chi connectivity index (χ4n) is 3.29. The van der Waals surface area contributed by atoms with Crippen LogP contribution in [0.4, 0.5) is 11.4 Å². The van der Waals surface area contributed by atoms with E-state index in [9.17, 15) is 14.9 Å². The SMILES string of the molecule is CN(C)c1ccc(C(=O)NC2CCCc3c2cnn3C)cc1[N+](=O)[O-]. The zero-order chi connectivity index (χ0) is 18.1. The molecular formula is C17H21N5O3. The number of anilines is 1. The molecule has 1 N–H and O–H groups in total. The molecule has 0 aliphatic heterocycles. The molecule has 132 valence electrons. The van der Waals surface area contributed by atoms with Crippen molar-refractivity contribution in [3.8, 4) is 0 Å². The van der Waals surface area contributed by atoms with Crippen LogP contribution in [0, 0.1) is 10.1 Å². The van der Waals surface area contributed by atoms with Crippen LogP contribution in [0.15, 0.2) is 24.4 Å². The Kier molecular flexibility index (Phi) is 4.43. The van der Waals surface area contributed by atoms with Gasteiger partial charge in [0.25, 0.3) is 11.6 Å². The number of benzene rings is 1. The number of carbonyl (C=O) groups is 1. The highest BCUT2D eigenvalue weighted by molar-refractivity contribution is 5.96. The Hall–Kier alpha value is -2.90. The van der Waals surface area contributed by atoms with Crippen LogP contribution in [0.3, 0.4) is 0 Å². The van der Waals surface area contributed by atoms with Gasteiger partial charge in [-0.25, -0.2) is 0 Å². The van der Waals surface area contributed by atoms with Crippen LogP contribution in [0.25, 0.3) is 0 Å². The number of nitro groups is 1. The highest BCUT2D eigenvalue weighted by Crippen LogP contribution is 2.31. The number of aryl methyl sites for hydroxylation is 1. The Morgan fingerprint density at radius 1 is 1.44 bits per heavy atom. The Bertz CT molecular complexity index is 828. The van der Waals surface area contributed by atoms with Gasteiger partial charge in [-0.1, -0.05) is 0 Å². The molecule has 1 aromatic carbocycles. The first-order valence-electron chi connectivity index (χ1n) is 8.16. The van der Waals surface area contributed by atoms with E-state index in [1.807, 2.05) is 11.7 Å². The second-order valence-electron chi connectivity index (χ2n) is 6.44. The van der Waals surface area contributed by atoms with E-state index >= 15 is 0 Å². The van der Waals surface area contributed by atoms with Crippen molar-refractivity contribution >= 4 is 17.3 Å². The van der Waals surface area contributed by atoms with Crippen LogP contribution in [-0.2, 0) is 13.5 Å².